The molecule has 3 rings (SSSR count). The number of benzene rings is 1. The summed E-state index contributed by atoms with van der Waals surface area (Å²) < 4.78 is 22.2. The fourth-order valence-electron chi connectivity index (χ4n) is 2.50. The van der Waals surface area contributed by atoms with Crippen LogP contribution in [0, 0.1) is 17.1 Å². The van der Waals surface area contributed by atoms with Gasteiger partial charge >= 0.3 is 0 Å². The van der Waals surface area contributed by atoms with Crippen LogP contribution in [-0.4, -0.2) is 48.0 Å². The minimum atomic E-state index is -0.352. The lowest BCUT2D eigenvalue weighted by atomic mass is 10.3. The van der Waals surface area contributed by atoms with E-state index in [4.69, 9.17) is 21.6 Å². The van der Waals surface area contributed by atoms with Crippen LogP contribution in [0.4, 0.5) is 9.39 Å². The summed E-state index contributed by atoms with van der Waals surface area (Å²) in [4.78, 5) is 15.9. The van der Waals surface area contributed by atoms with Crippen molar-refractivity contribution < 1.29 is 13.9 Å². The van der Waals surface area contributed by atoms with E-state index >= 15 is 0 Å². The number of anilines is 1. The number of amides is 1. The number of aromatic nitrogens is 1. The number of ether oxygens (including phenoxy) is 1. The zero-order valence-corrected chi connectivity index (χ0v) is 14.7. The van der Waals surface area contributed by atoms with Gasteiger partial charge in [0.15, 0.2) is 11.8 Å². The molecule has 0 radical (unpaired) electrons. The summed E-state index contributed by atoms with van der Waals surface area (Å²) in [6, 6.07) is 7.60. The van der Waals surface area contributed by atoms with Crippen LogP contribution >= 0.6 is 23.1 Å². The molecule has 0 spiro atoms. The molecule has 6 nitrogen and oxygen atoms in total. The second-order valence-corrected chi connectivity index (χ2v) is 6.49. The van der Waals surface area contributed by atoms with Crippen molar-refractivity contribution in [2.24, 2.45) is 0 Å². The van der Waals surface area contributed by atoms with Gasteiger partial charge in [0.25, 0.3) is 5.91 Å². The van der Waals surface area contributed by atoms with E-state index in [-0.39, 0.29) is 23.5 Å². The zero-order valence-electron chi connectivity index (χ0n) is 13.1. The topological polar surface area (TPSA) is 69.5 Å². The van der Waals surface area contributed by atoms with Crippen molar-refractivity contribution in [3.63, 3.8) is 0 Å². The molecule has 1 aromatic heterocycles. The van der Waals surface area contributed by atoms with Crippen LogP contribution in [0.25, 0.3) is 0 Å². The van der Waals surface area contributed by atoms with Gasteiger partial charge in [-0.1, -0.05) is 11.6 Å². The third kappa shape index (κ3) is 4.00. The Labute approximate surface area is 153 Å². The molecule has 1 aliphatic heterocycles. The Balaban J connectivity index is 1.52. The molecular formula is C16H14ClFN4O2S. The second-order valence-electron chi connectivity index (χ2n) is 5.38. The Morgan fingerprint density at radius 1 is 1.32 bits per heavy atom. The quantitative estimate of drug-likeness (QED) is 0.815. The first-order valence-electron chi connectivity index (χ1n) is 7.55. The highest BCUT2D eigenvalue weighted by molar-refractivity contribution is 7.10. The molecule has 0 unspecified atom stereocenters. The number of nitriles is 1. The molecule has 1 aromatic carbocycles. The summed E-state index contributed by atoms with van der Waals surface area (Å²) in [5.74, 6) is -0.0344. The monoisotopic (exact) mass is 380 g/mol. The first-order chi connectivity index (χ1) is 12.1. The number of nitrogens with zero attached hydrogens (tertiary/aromatic N) is 4. The van der Waals surface area contributed by atoms with Crippen molar-refractivity contribution in [1.82, 2.24) is 9.27 Å². The lowest BCUT2D eigenvalue weighted by molar-refractivity contribution is -0.133. The third-order valence-electron chi connectivity index (χ3n) is 3.84. The summed E-state index contributed by atoms with van der Waals surface area (Å²) in [5.41, 5.74) is 0.381. The minimum absolute atomic E-state index is 0.0958. The summed E-state index contributed by atoms with van der Waals surface area (Å²) >= 11 is 7.09. The van der Waals surface area contributed by atoms with Crippen molar-refractivity contribution in [2.45, 2.75) is 0 Å². The standard InChI is InChI=1S/C16H14ClFN4O2S/c17-15-13(9-19)16(25-20-15)22-7-5-21(6-8-22)14(23)10-24-12-3-1-11(18)2-4-12/h1-4H,5-8,10H2. The Morgan fingerprint density at radius 2 is 2.00 bits per heavy atom. The number of carbonyl (C=O) groups excluding carboxylic acids is 1. The second kappa shape index (κ2) is 7.68. The maximum atomic E-state index is 12.8. The van der Waals surface area contributed by atoms with Crippen LogP contribution in [-0.2, 0) is 4.79 Å². The summed E-state index contributed by atoms with van der Waals surface area (Å²) in [5, 5.41) is 10.1. The molecule has 0 atom stereocenters. The first kappa shape index (κ1) is 17.5. The van der Waals surface area contributed by atoms with Gasteiger partial charge in [-0.3, -0.25) is 4.79 Å². The highest BCUT2D eigenvalue weighted by Gasteiger charge is 2.25. The van der Waals surface area contributed by atoms with Crippen molar-refractivity contribution in [2.75, 3.05) is 37.7 Å². The van der Waals surface area contributed by atoms with Crippen molar-refractivity contribution in [3.05, 3.63) is 40.8 Å². The Kier molecular flexibility index (Phi) is 5.36. The predicted octanol–water partition coefficient (Wildman–Crippen LogP) is 2.53. The zero-order chi connectivity index (χ0) is 17.8. The van der Waals surface area contributed by atoms with Crippen LogP contribution in [0.3, 0.4) is 0 Å². The van der Waals surface area contributed by atoms with E-state index < -0.39 is 0 Å². The molecule has 2 aromatic rings. The number of rotatable bonds is 4. The lowest BCUT2D eigenvalue weighted by Crippen LogP contribution is -2.50. The smallest absolute Gasteiger partial charge is 0.260 e. The van der Waals surface area contributed by atoms with Gasteiger partial charge in [0.1, 0.15) is 28.2 Å². The van der Waals surface area contributed by atoms with E-state index in [9.17, 15) is 9.18 Å². The van der Waals surface area contributed by atoms with E-state index in [1.807, 2.05) is 4.90 Å². The van der Waals surface area contributed by atoms with Gasteiger partial charge in [0, 0.05) is 26.2 Å². The third-order valence-corrected chi connectivity index (χ3v) is 5.12. The van der Waals surface area contributed by atoms with Crippen LogP contribution in [0.2, 0.25) is 5.15 Å². The molecule has 1 aliphatic rings. The van der Waals surface area contributed by atoms with Gasteiger partial charge in [-0.05, 0) is 35.8 Å². The molecule has 1 amide bonds. The minimum Gasteiger partial charge on any atom is -0.484 e. The fraction of sp³-hybridized carbons (Fsp3) is 0.312. The highest BCUT2D eigenvalue weighted by atomic mass is 35.5. The number of carbonyl (C=O) groups is 1. The maximum Gasteiger partial charge on any atom is 0.260 e. The summed E-state index contributed by atoms with van der Waals surface area (Å²) in [6.45, 7) is 2.13. The first-order valence-corrected chi connectivity index (χ1v) is 8.70. The molecule has 1 saturated heterocycles. The van der Waals surface area contributed by atoms with E-state index in [1.54, 1.807) is 4.90 Å². The summed E-state index contributed by atoms with van der Waals surface area (Å²) in [7, 11) is 0. The normalized spacial score (nSPS) is 14.3. The van der Waals surface area contributed by atoms with Crippen LogP contribution in [0.1, 0.15) is 5.56 Å². The molecule has 25 heavy (non-hydrogen) atoms. The van der Waals surface area contributed by atoms with E-state index in [2.05, 4.69) is 10.4 Å². The van der Waals surface area contributed by atoms with Crippen molar-refractivity contribution >= 4 is 34.0 Å². The van der Waals surface area contributed by atoms with Crippen molar-refractivity contribution in [3.8, 4) is 11.8 Å². The van der Waals surface area contributed by atoms with Crippen LogP contribution in [0.5, 0.6) is 5.75 Å². The maximum absolute atomic E-state index is 12.8. The number of hydrogen-bond acceptors (Lipinski definition) is 6. The SMILES string of the molecule is N#Cc1c(Cl)nsc1N1CCN(C(=O)COc2ccc(F)cc2)CC1. The Bertz CT molecular complexity index is 797. The lowest BCUT2D eigenvalue weighted by Gasteiger charge is -2.35. The van der Waals surface area contributed by atoms with Crippen molar-refractivity contribution in [1.29, 1.82) is 5.26 Å². The molecule has 0 bridgehead atoms. The van der Waals surface area contributed by atoms with Crippen LogP contribution in [0.15, 0.2) is 24.3 Å². The summed E-state index contributed by atoms with van der Waals surface area (Å²) in [6.07, 6.45) is 0. The number of piperazine rings is 1. The van der Waals surface area contributed by atoms with Gasteiger partial charge in [-0.25, -0.2) is 4.39 Å². The molecule has 1 fully saturated rings. The fourth-order valence-corrected chi connectivity index (χ4v) is 3.58. The van der Waals surface area contributed by atoms with Gasteiger partial charge in [-0.15, -0.1) is 0 Å². The van der Waals surface area contributed by atoms with Gasteiger partial charge in [0.05, 0.1) is 0 Å². The van der Waals surface area contributed by atoms with E-state index in [0.29, 0.717) is 37.5 Å². The molecule has 9 heteroatoms. The van der Waals surface area contributed by atoms with Gasteiger partial charge in [0.2, 0.25) is 0 Å². The average Bonchev–Trinajstić information content (AvgIpc) is 3.01. The molecule has 2 heterocycles. The van der Waals surface area contributed by atoms with Gasteiger partial charge < -0.3 is 14.5 Å². The Morgan fingerprint density at radius 3 is 2.64 bits per heavy atom. The molecular weight excluding hydrogens is 367 g/mol. The average molecular weight is 381 g/mol. The molecule has 130 valence electrons. The molecule has 0 saturated carbocycles. The predicted molar refractivity (Wildman–Crippen MR) is 92.5 cm³/mol. The highest BCUT2D eigenvalue weighted by Crippen LogP contribution is 2.31. The van der Waals surface area contributed by atoms with E-state index in [0.717, 1.165) is 5.00 Å². The van der Waals surface area contributed by atoms with Crippen LogP contribution < -0.4 is 9.64 Å². The van der Waals surface area contributed by atoms with E-state index in [1.165, 1.54) is 35.8 Å². The van der Waals surface area contributed by atoms with Gasteiger partial charge in [-0.2, -0.15) is 9.64 Å². The molecule has 0 N–H and O–H groups in total. The molecule has 0 aliphatic carbocycles. The largest absolute Gasteiger partial charge is 0.484 e. The number of halogens is 2. The Hall–Kier alpha value is -2.37. The number of hydrogen-bond donors (Lipinski definition) is 0.